The minimum atomic E-state index is -0.354. The first kappa shape index (κ1) is 27.7. The van der Waals surface area contributed by atoms with Crippen molar-refractivity contribution in [2.45, 2.75) is 104 Å². The van der Waals surface area contributed by atoms with Crippen molar-refractivity contribution in [2.24, 2.45) is 0 Å². The average Bonchev–Trinajstić information content (AvgIpc) is 2.57. The topological polar surface area (TPSA) is 20.2 Å². The van der Waals surface area contributed by atoms with Crippen molar-refractivity contribution < 1.29 is 22.0 Å². The van der Waals surface area contributed by atoms with E-state index in [1.165, 1.54) is 96.7 Å². The van der Waals surface area contributed by atoms with Crippen LogP contribution in [0.25, 0.3) is 0 Å². The maximum Gasteiger partial charge on any atom is 0.116 e. The summed E-state index contributed by atoms with van der Waals surface area (Å²) in [6.07, 6.45) is 15.9. The van der Waals surface area contributed by atoms with Crippen molar-refractivity contribution >= 4 is 11.6 Å². The van der Waals surface area contributed by atoms with Gasteiger partial charge in [0.05, 0.1) is 25.5 Å². The SMILES string of the molecule is CCCCCCCCCCCC[N+](CCC)(CCC)CC(O)CCl.[Cl-]. The van der Waals surface area contributed by atoms with Crippen LogP contribution >= 0.6 is 11.6 Å². The van der Waals surface area contributed by atoms with Crippen LogP contribution in [0.5, 0.6) is 0 Å². The molecule has 0 spiro atoms. The van der Waals surface area contributed by atoms with E-state index < -0.39 is 0 Å². The minimum Gasteiger partial charge on any atom is -1.00 e. The van der Waals surface area contributed by atoms with Crippen molar-refractivity contribution in [3.05, 3.63) is 0 Å². The molecule has 154 valence electrons. The Bertz CT molecular complexity index is 258. The lowest BCUT2D eigenvalue weighted by Gasteiger charge is -2.40. The van der Waals surface area contributed by atoms with E-state index in [-0.39, 0.29) is 18.5 Å². The van der Waals surface area contributed by atoms with Gasteiger partial charge in [-0.05, 0) is 25.7 Å². The van der Waals surface area contributed by atoms with Gasteiger partial charge in [0.1, 0.15) is 12.6 Å². The lowest BCUT2D eigenvalue weighted by Crippen LogP contribution is -3.00. The first-order chi connectivity index (χ1) is 11.6. The van der Waals surface area contributed by atoms with Gasteiger partial charge in [-0.3, -0.25) is 0 Å². The summed E-state index contributed by atoms with van der Waals surface area (Å²) in [7, 11) is 0. The van der Waals surface area contributed by atoms with E-state index in [1.807, 2.05) is 0 Å². The van der Waals surface area contributed by atoms with Crippen LogP contribution in [0.15, 0.2) is 0 Å². The number of aliphatic hydroxyl groups excluding tert-OH is 1. The van der Waals surface area contributed by atoms with Crippen molar-refractivity contribution in [2.75, 3.05) is 32.1 Å². The second-order valence-electron chi connectivity index (χ2n) is 7.69. The molecule has 1 unspecified atom stereocenters. The Morgan fingerprint density at radius 1 is 0.680 bits per heavy atom. The van der Waals surface area contributed by atoms with Gasteiger partial charge in [-0.15, -0.1) is 11.6 Å². The Morgan fingerprint density at radius 2 is 1.12 bits per heavy atom. The summed E-state index contributed by atoms with van der Waals surface area (Å²) in [5, 5.41) is 10.1. The number of alkyl halides is 1. The standard InChI is InChI=1S/C21H45ClNO.ClH/c1-4-7-8-9-10-11-12-13-14-15-18-23(16-5-2,17-6-3)20-21(24)19-22;/h21,24H,4-20H2,1-3H3;1H/q+1;/p-1. The molecule has 0 bridgehead atoms. The first-order valence-corrected chi connectivity index (χ1v) is 11.3. The molecular formula is C21H45Cl2NO. The fourth-order valence-electron chi connectivity index (χ4n) is 3.99. The van der Waals surface area contributed by atoms with Gasteiger partial charge in [0.2, 0.25) is 0 Å². The summed E-state index contributed by atoms with van der Waals surface area (Å²) in [6, 6.07) is 0. The van der Waals surface area contributed by atoms with Crippen LogP contribution < -0.4 is 12.4 Å². The summed E-state index contributed by atoms with van der Waals surface area (Å²) in [4.78, 5) is 0. The fraction of sp³-hybridized carbons (Fsp3) is 1.00. The van der Waals surface area contributed by atoms with E-state index in [4.69, 9.17) is 11.6 Å². The van der Waals surface area contributed by atoms with E-state index in [2.05, 4.69) is 20.8 Å². The molecule has 0 aromatic carbocycles. The third-order valence-electron chi connectivity index (χ3n) is 5.16. The molecule has 0 heterocycles. The number of halogens is 2. The molecule has 0 rings (SSSR count). The smallest absolute Gasteiger partial charge is 0.116 e. The molecule has 2 nitrogen and oxygen atoms in total. The van der Waals surface area contributed by atoms with Crippen LogP contribution in [0.4, 0.5) is 0 Å². The summed E-state index contributed by atoms with van der Waals surface area (Å²) in [6.45, 7) is 11.2. The molecule has 25 heavy (non-hydrogen) atoms. The highest BCUT2D eigenvalue weighted by Crippen LogP contribution is 2.17. The fourth-order valence-corrected chi connectivity index (χ4v) is 4.09. The largest absolute Gasteiger partial charge is 1.00 e. The van der Waals surface area contributed by atoms with Crippen molar-refractivity contribution in [1.29, 1.82) is 0 Å². The van der Waals surface area contributed by atoms with Crippen LogP contribution in [0, 0.1) is 0 Å². The molecule has 0 aromatic heterocycles. The van der Waals surface area contributed by atoms with E-state index in [1.54, 1.807) is 0 Å². The highest BCUT2D eigenvalue weighted by molar-refractivity contribution is 6.18. The van der Waals surface area contributed by atoms with E-state index in [9.17, 15) is 5.11 Å². The van der Waals surface area contributed by atoms with E-state index >= 15 is 0 Å². The van der Waals surface area contributed by atoms with Crippen molar-refractivity contribution in [3.63, 3.8) is 0 Å². The predicted molar refractivity (Wildman–Crippen MR) is 109 cm³/mol. The normalized spacial score (nSPS) is 12.8. The molecule has 4 heteroatoms. The number of hydrogen-bond acceptors (Lipinski definition) is 1. The zero-order valence-electron chi connectivity index (χ0n) is 17.2. The molecule has 0 aromatic rings. The molecule has 0 fully saturated rings. The zero-order chi connectivity index (χ0) is 18.1. The lowest BCUT2D eigenvalue weighted by atomic mass is 10.1. The molecule has 0 aliphatic heterocycles. The molecule has 0 saturated heterocycles. The summed E-state index contributed by atoms with van der Waals surface area (Å²) in [5.41, 5.74) is 0. The molecule has 0 aliphatic rings. The predicted octanol–water partition coefficient (Wildman–Crippen LogP) is 3.15. The maximum atomic E-state index is 10.1. The second-order valence-corrected chi connectivity index (χ2v) is 7.99. The molecule has 0 aliphatic carbocycles. The number of rotatable bonds is 18. The Hall–Kier alpha value is 0.500. The third-order valence-corrected chi connectivity index (χ3v) is 5.51. The summed E-state index contributed by atoms with van der Waals surface area (Å²) < 4.78 is 1.07. The highest BCUT2D eigenvalue weighted by Gasteiger charge is 2.28. The quantitative estimate of drug-likeness (QED) is 0.214. The lowest BCUT2D eigenvalue weighted by molar-refractivity contribution is -0.931. The van der Waals surface area contributed by atoms with Crippen LogP contribution in [-0.2, 0) is 0 Å². The monoisotopic (exact) mass is 397 g/mol. The van der Waals surface area contributed by atoms with Crippen LogP contribution in [0.3, 0.4) is 0 Å². The van der Waals surface area contributed by atoms with Gasteiger partial charge in [0.25, 0.3) is 0 Å². The van der Waals surface area contributed by atoms with Crippen molar-refractivity contribution in [3.8, 4) is 0 Å². The Morgan fingerprint density at radius 3 is 1.52 bits per heavy atom. The second kappa shape index (κ2) is 19.3. The Kier molecular flexibility index (Phi) is 21.4. The number of unbranched alkanes of at least 4 members (excludes halogenated alkanes) is 9. The third kappa shape index (κ3) is 15.3. The Balaban J connectivity index is 0. The van der Waals surface area contributed by atoms with Gasteiger partial charge in [0, 0.05) is 0 Å². The van der Waals surface area contributed by atoms with Crippen LogP contribution in [0.1, 0.15) is 97.8 Å². The number of quaternary nitrogens is 1. The molecule has 1 N–H and O–H groups in total. The van der Waals surface area contributed by atoms with Gasteiger partial charge in [-0.2, -0.15) is 0 Å². The molecular weight excluding hydrogens is 353 g/mol. The summed E-state index contributed by atoms with van der Waals surface area (Å²) in [5.74, 6) is 0.367. The van der Waals surface area contributed by atoms with Crippen LogP contribution in [0.2, 0.25) is 0 Å². The zero-order valence-corrected chi connectivity index (χ0v) is 18.8. The van der Waals surface area contributed by atoms with Gasteiger partial charge < -0.3 is 22.0 Å². The number of nitrogens with zero attached hydrogens (tertiary/aromatic N) is 1. The van der Waals surface area contributed by atoms with Gasteiger partial charge >= 0.3 is 0 Å². The molecule has 0 saturated carbocycles. The molecule has 1 atom stereocenters. The Labute approximate surface area is 169 Å². The van der Waals surface area contributed by atoms with E-state index in [0.29, 0.717) is 5.88 Å². The summed E-state index contributed by atoms with van der Waals surface area (Å²) >= 11 is 5.86. The molecule has 0 radical (unpaired) electrons. The number of hydrogen-bond donors (Lipinski definition) is 1. The van der Waals surface area contributed by atoms with Gasteiger partial charge in [-0.25, -0.2) is 0 Å². The minimum absolute atomic E-state index is 0. The van der Waals surface area contributed by atoms with E-state index in [0.717, 1.165) is 11.0 Å². The average molecular weight is 399 g/mol. The van der Waals surface area contributed by atoms with Gasteiger partial charge in [-0.1, -0.05) is 72.1 Å². The highest BCUT2D eigenvalue weighted by atomic mass is 35.5. The maximum absolute atomic E-state index is 10.1. The van der Waals surface area contributed by atoms with Crippen molar-refractivity contribution in [1.82, 2.24) is 0 Å². The van der Waals surface area contributed by atoms with Crippen LogP contribution in [-0.4, -0.2) is 47.8 Å². The number of aliphatic hydroxyl groups is 1. The first-order valence-electron chi connectivity index (χ1n) is 10.7. The van der Waals surface area contributed by atoms with Gasteiger partial charge in [0.15, 0.2) is 0 Å². The molecule has 0 amide bonds.